The maximum Gasteiger partial charge on any atom is 0.259 e. The van der Waals surface area contributed by atoms with Crippen molar-refractivity contribution in [2.24, 2.45) is 0 Å². The third kappa shape index (κ3) is 4.15. The van der Waals surface area contributed by atoms with Crippen LogP contribution in [0.5, 0.6) is 11.5 Å². The van der Waals surface area contributed by atoms with Crippen LogP contribution < -0.4 is 10.1 Å². The molecule has 0 atom stereocenters. The van der Waals surface area contributed by atoms with Gasteiger partial charge in [0.25, 0.3) is 5.91 Å². The zero-order chi connectivity index (χ0) is 21.0. The lowest BCUT2D eigenvalue weighted by Crippen LogP contribution is -2.12. The first kappa shape index (κ1) is 19.0. The predicted octanol–water partition coefficient (Wildman–Crippen LogP) is 6.40. The lowest BCUT2D eigenvalue weighted by Gasteiger charge is -2.11. The Hall–Kier alpha value is -4.03. The Kier molecular flexibility index (Phi) is 5.12. The summed E-state index contributed by atoms with van der Waals surface area (Å²) >= 11 is 1.54. The number of aromatic nitrogens is 2. The molecule has 0 radical (unpaired) electrons. The number of hydrogen-bond acceptors (Lipinski definition) is 5. The molecule has 3 aromatic carbocycles. The van der Waals surface area contributed by atoms with E-state index in [0.717, 1.165) is 20.9 Å². The summed E-state index contributed by atoms with van der Waals surface area (Å²) < 4.78 is 5.90. The smallest absolute Gasteiger partial charge is 0.259 e. The Morgan fingerprint density at radius 3 is 2.42 bits per heavy atom. The van der Waals surface area contributed by atoms with Crippen LogP contribution in [0.3, 0.4) is 0 Å². The van der Waals surface area contributed by atoms with Crippen molar-refractivity contribution in [1.82, 2.24) is 9.97 Å². The number of pyridine rings is 1. The number of benzene rings is 3. The quantitative estimate of drug-likeness (QED) is 0.355. The van der Waals surface area contributed by atoms with Gasteiger partial charge in [-0.25, -0.2) is 9.97 Å². The standard InChI is InChI=1S/C25H17N3O2S/c29-23(20-9-4-5-11-22(20)30-19-7-2-1-3-8-19)27-18-14-12-17(13-15-18)24-28-21-10-6-16-26-25(21)31-24/h1-16H,(H,27,29). The molecule has 150 valence electrons. The average Bonchev–Trinajstić information content (AvgIpc) is 3.25. The van der Waals surface area contributed by atoms with E-state index in [2.05, 4.69) is 15.3 Å². The Bertz CT molecular complexity index is 1320. The third-order valence-electron chi connectivity index (χ3n) is 4.66. The number of carbonyl (C=O) groups excluding carboxylic acids is 1. The third-order valence-corrected chi connectivity index (χ3v) is 5.69. The molecule has 0 unspecified atom stereocenters. The van der Waals surface area contributed by atoms with Crippen LogP contribution in [-0.4, -0.2) is 15.9 Å². The fourth-order valence-corrected chi connectivity index (χ4v) is 4.06. The van der Waals surface area contributed by atoms with Crippen LogP contribution in [0.25, 0.3) is 20.9 Å². The summed E-state index contributed by atoms with van der Waals surface area (Å²) in [5.74, 6) is 0.950. The molecule has 0 spiro atoms. The van der Waals surface area contributed by atoms with E-state index in [1.54, 1.807) is 29.7 Å². The van der Waals surface area contributed by atoms with E-state index in [1.807, 2.05) is 78.9 Å². The summed E-state index contributed by atoms with van der Waals surface area (Å²) in [4.78, 5) is 22.8. The maximum absolute atomic E-state index is 12.9. The summed E-state index contributed by atoms with van der Waals surface area (Å²) in [7, 11) is 0. The van der Waals surface area contributed by atoms with Crippen LogP contribution in [0.2, 0.25) is 0 Å². The number of nitrogens with zero attached hydrogens (tertiary/aromatic N) is 2. The average molecular weight is 423 g/mol. The lowest BCUT2D eigenvalue weighted by molar-refractivity contribution is 0.102. The number of anilines is 1. The van der Waals surface area contributed by atoms with Gasteiger partial charge in [0, 0.05) is 17.4 Å². The molecule has 6 heteroatoms. The molecule has 0 saturated heterocycles. The second-order valence-electron chi connectivity index (χ2n) is 6.79. The van der Waals surface area contributed by atoms with E-state index in [4.69, 9.17) is 4.74 Å². The Balaban J connectivity index is 1.34. The van der Waals surface area contributed by atoms with Gasteiger partial charge < -0.3 is 10.1 Å². The fourth-order valence-electron chi connectivity index (χ4n) is 3.15. The molecule has 31 heavy (non-hydrogen) atoms. The largest absolute Gasteiger partial charge is 0.457 e. The molecule has 0 aliphatic heterocycles. The zero-order valence-electron chi connectivity index (χ0n) is 16.4. The van der Waals surface area contributed by atoms with Crippen molar-refractivity contribution in [1.29, 1.82) is 0 Å². The van der Waals surface area contributed by atoms with Crippen molar-refractivity contribution in [3.63, 3.8) is 0 Å². The minimum Gasteiger partial charge on any atom is -0.457 e. The van der Waals surface area contributed by atoms with E-state index >= 15 is 0 Å². The molecule has 2 heterocycles. The number of hydrogen-bond donors (Lipinski definition) is 1. The van der Waals surface area contributed by atoms with Crippen molar-refractivity contribution in [3.8, 4) is 22.1 Å². The number of rotatable bonds is 5. The summed E-state index contributed by atoms with van der Waals surface area (Å²) in [6.45, 7) is 0. The van der Waals surface area contributed by atoms with Gasteiger partial charge in [-0.05, 0) is 60.7 Å². The Morgan fingerprint density at radius 2 is 1.61 bits per heavy atom. The second kappa shape index (κ2) is 8.38. The molecule has 0 saturated carbocycles. The van der Waals surface area contributed by atoms with Crippen LogP contribution in [0, 0.1) is 0 Å². The minimum absolute atomic E-state index is 0.233. The SMILES string of the molecule is O=C(Nc1ccc(-c2nc3cccnc3s2)cc1)c1ccccc1Oc1ccccc1. The first-order chi connectivity index (χ1) is 15.3. The number of para-hydroxylation sites is 2. The molecule has 0 fully saturated rings. The maximum atomic E-state index is 12.9. The van der Waals surface area contributed by atoms with Gasteiger partial charge in [0.15, 0.2) is 0 Å². The molecule has 2 aromatic heterocycles. The van der Waals surface area contributed by atoms with Crippen molar-refractivity contribution >= 4 is 33.3 Å². The molecule has 5 nitrogen and oxygen atoms in total. The molecule has 1 N–H and O–H groups in total. The molecule has 0 aliphatic carbocycles. The molecular weight excluding hydrogens is 406 g/mol. The highest BCUT2D eigenvalue weighted by Gasteiger charge is 2.14. The van der Waals surface area contributed by atoms with Crippen LogP contribution in [0.4, 0.5) is 5.69 Å². The van der Waals surface area contributed by atoms with Crippen LogP contribution in [0.15, 0.2) is 97.2 Å². The van der Waals surface area contributed by atoms with Gasteiger partial charge in [-0.1, -0.05) is 41.7 Å². The highest BCUT2D eigenvalue weighted by atomic mass is 32.1. The van der Waals surface area contributed by atoms with Gasteiger partial charge in [-0.2, -0.15) is 0 Å². The van der Waals surface area contributed by atoms with Gasteiger partial charge in [-0.3, -0.25) is 4.79 Å². The second-order valence-corrected chi connectivity index (χ2v) is 7.77. The highest BCUT2D eigenvalue weighted by molar-refractivity contribution is 7.21. The zero-order valence-corrected chi connectivity index (χ0v) is 17.2. The van der Waals surface area contributed by atoms with E-state index in [9.17, 15) is 4.79 Å². The predicted molar refractivity (Wildman–Crippen MR) is 124 cm³/mol. The molecule has 0 aliphatic rings. The molecule has 1 amide bonds. The number of amides is 1. The number of fused-ring (bicyclic) bond motifs is 1. The summed E-state index contributed by atoms with van der Waals surface area (Å²) in [6.07, 6.45) is 1.77. The number of nitrogens with one attached hydrogen (secondary N) is 1. The van der Waals surface area contributed by atoms with Crippen molar-refractivity contribution < 1.29 is 9.53 Å². The lowest BCUT2D eigenvalue weighted by atomic mass is 10.1. The number of carbonyl (C=O) groups is 1. The summed E-state index contributed by atoms with van der Waals surface area (Å²) in [5, 5.41) is 3.84. The number of thiazole rings is 1. The van der Waals surface area contributed by atoms with Gasteiger partial charge in [0.2, 0.25) is 0 Å². The Morgan fingerprint density at radius 1 is 0.839 bits per heavy atom. The fraction of sp³-hybridized carbons (Fsp3) is 0. The van der Waals surface area contributed by atoms with Crippen LogP contribution >= 0.6 is 11.3 Å². The highest BCUT2D eigenvalue weighted by Crippen LogP contribution is 2.30. The first-order valence-electron chi connectivity index (χ1n) is 9.71. The Labute approximate surface area is 183 Å². The van der Waals surface area contributed by atoms with E-state index in [0.29, 0.717) is 22.7 Å². The van der Waals surface area contributed by atoms with Gasteiger partial charge in [0.1, 0.15) is 26.9 Å². The minimum atomic E-state index is -0.233. The van der Waals surface area contributed by atoms with Crippen molar-refractivity contribution in [3.05, 3.63) is 103 Å². The molecule has 0 bridgehead atoms. The monoisotopic (exact) mass is 423 g/mol. The van der Waals surface area contributed by atoms with E-state index < -0.39 is 0 Å². The van der Waals surface area contributed by atoms with Gasteiger partial charge in [-0.15, -0.1) is 0 Å². The van der Waals surface area contributed by atoms with E-state index in [1.165, 1.54) is 0 Å². The number of ether oxygens (including phenoxy) is 1. The normalized spacial score (nSPS) is 10.7. The molecule has 5 rings (SSSR count). The molecule has 5 aromatic rings. The van der Waals surface area contributed by atoms with Gasteiger partial charge in [0.05, 0.1) is 5.56 Å². The summed E-state index contributed by atoms with van der Waals surface area (Å²) in [5.41, 5.74) is 3.03. The van der Waals surface area contributed by atoms with Crippen molar-refractivity contribution in [2.75, 3.05) is 5.32 Å². The van der Waals surface area contributed by atoms with Gasteiger partial charge >= 0.3 is 0 Å². The summed E-state index contributed by atoms with van der Waals surface area (Å²) in [6, 6.07) is 28.0. The topological polar surface area (TPSA) is 64.1 Å². The van der Waals surface area contributed by atoms with Crippen LogP contribution in [-0.2, 0) is 0 Å². The van der Waals surface area contributed by atoms with E-state index in [-0.39, 0.29) is 5.91 Å². The van der Waals surface area contributed by atoms with Crippen molar-refractivity contribution in [2.45, 2.75) is 0 Å². The molecular formula is C25H17N3O2S. The van der Waals surface area contributed by atoms with Crippen LogP contribution in [0.1, 0.15) is 10.4 Å². The first-order valence-corrected chi connectivity index (χ1v) is 10.5.